The smallest absolute Gasteiger partial charge is 0.290 e. The number of nitrogens with one attached hydrogen (secondary N) is 1. The van der Waals surface area contributed by atoms with Crippen molar-refractivity contribution in [3.63, 3.8) is 0 Å². The Labute approximate surface area is 152 Å². The van der Waals surface area contributed by atoms with Crippen LogP contribution in [0, 0.1) is 5.92 Å². The second-order valence-corrected chi connectivity index (χ2v) is 7.02. The number of ether oxygens (including phenoxy) is 1. The molecule has 26 heavy (non-hydrogen) atoms. The molecule has 0 saturated carbocycles. The molecule has 0 spiro atoms. The van der Waals surface area contributed by atoms with Crippen molar-refractivity contribution in [2.45, 2.75) is 25.8 Å². The van der Waals surface area contributed by atoms with Crippen molar-refractivity contribution >= 4 is 11.7 Å². The third-order valence-corrected chi connectivity index (χ3v) is 5.24. The molecule has 5 rings (SSSR count). The maximum absolute atomic E-state index is 12.5. The number of furan rings is 1. The lowest BCUT2D eigenvalue weighted by Gasteiger charge is -2.44. The van der Waals surface area contributed by atoms with Crippen LogP contribution in [-0.4, -0.2) is 42.3 Å². The van der Waals surface area contributed by atoms with Gasteiger partial charge in [0, 0.05) is 31.1 Å². The Hall–Kier alpha value is -2.60. The van der Waals surface area contributed by atoms with Crippen LogP contribution in [0.1, 0.15) is 40.7 Å². The summed E-state index contributed by atoms with van der Waals surface area (Å²) < 4.78 is 10.9. The highest BCUT2D eigenvalue weighted by atomic mass is 16.6. The molecule has 1 N–H and O–H groups in total. The Morgan fingerprint density at radius 1 is 1.12 bits per heavy atom. The van der Waals surface area contributed by atoms with Gasteiger partial charge in [0.25, 0.3) is 11.9 Å². The van der Waals surface area contributed by atoms with Crippen LogP contribution in [0.15, 0.2) is 40.8 Å². The quantitative estimate of drug-likeness (QED) is 0.836. The van der Waals surface area contributed by atoms with Crippen molar-refractivity contribution in [2.75, 3.05) is 19.6 Å². The van der Waals surface area contributed by atoms with Gasteiger partial charge >= 0.3 is 0 Å². The molecule has 1 atom stereocenters. The zero-order valence-electron chi connectivity index (χ0n) is 14.7. The summed E-state index contributed by atoms with van der Waals surface area (Å²) in [7, 11) is 0. The van der Waals surface area contributed by atoms with Crippen LogP contribution in [0.5, 0.6) is 11.7 Å². The molecule has 2 bridgehead atoms. The number of benzene rings is 1. The summed E-state index contributed by atoms with van der Waals surface area (Å²) in [5.41, 5.74) is 0.609. The Kier molecular flexibility index (Phi) is 4.51. The van der Waals surface area contributed by atoms with Gasteiger partial charge < -0.3 is 19.4 Å². The summed E-state index contributed by atoms with van der Waals surface area (Å²) in [6, 6.07) is 10.3. The second-order valence-electron chi connectivity index (χ2n) is 7.02. The van der Waals surface area contributed by atoms with Crippen molar-refractivity contribution in [2.24, 2.45) is 5.92 Å². The van der Waals surface area contributed by atoms with Gasteiger partial charge in [-0.15, -0.1) is 0 Å². The van der Waals surface area contributed by atoms with E-state index >= 15 is 0 Å². The predicted octanol–water partition coefficient (Wildman–Crippen LogP) is 3.10. The molecule has 6 nitrogen and oxygen atoms in total. The van der Waals surface area contributed by atoms with E-state index in [0.29, 0.717) is 17.2 Å². The zero-order chi connectivity index (χ0) is 18.1. The van der Waals surface area contributed by atoms with E-state index in [1.165, 1.54) is 19.8 Å². The summed E-state index contributed by atoms with van der Waals surface area (Å²) >= 11 is 0. The topological polar surface area (TPSA) is 71.8 Å². The molecule has 2 aromatic rings. The minimum absolute atomic E-state index is 0.0489. The van der Waals surface area contributed by atoms with Crippen LogP contribution >= 0.6 is 0 Å². The number of fused-ring (bicyclic) bond motifs is 3. The summed E-state index contributed by atoms with van der Waals surface area (Å²) in [4.78, 5) is 26.2. The van der Waals surface area contributed by atoms with Gasteiger partial charge in [0.2, 0.25) is 0 Å². The minimum atomic E-state index is -0.153. The van der Waals surface area contributed by atoms with Gasteiger partial charge in [0.1, 0.15) is 5.75 Å². The second kappa shape index (κ2) is 6.96. The van der Waals surface area contributed by atoms with Crippen molar-refractivity contribution < 1.29 is 18.7 Å². The molecular formula is C20H22N2O4. The van der Waals surface area contributed by atoms with Crippen LogP contribution in [0.3, 0.4) is 0 Å². The zero-order valence-corrected chi connectivity index (χ0v) is 14.7. The van der Waals surface area contributed by atoms with Gasteiger partial charge in [-0.05, 0) is 62.2 Å². The monoisotopic (exact) mass is 354 g/mol. The largest absolute Gasteiger partial charge is 0.426 e. The molecule has 1 aromatic carbocycles. The summed E-state index contributed by atoms with van der Waals surface area (Å²) in [5, 5.41) is 3.17. The third-order valence-electron chi connectivity index (χ3n) is 5.24. The Bertz CT molecular complexity index is 803. The molecule has 0 unspecified atom stereocenters. The number of ketones is 1. The number of carbonyl (C=O) groups is 2. The fourth-order valence-electron chi connectivity index (χ4n) is 3.74. The van der Waals surface area contributed by atoms with Crippen LogP contribution in [0.2, 0.25) is 0 Å². The molecule has 6 heteroatoms. The highest BCUT2D eigenvalue weighted by molar-refractivity contribution is 5.94. The van der Waals surface area contributed by atoms with E-state index in [4.69, 9.17) is 9.15 Å². The van der Waals surface area contributed by atoms with Gasteiger partial charge in [-0.3, -0.25) is 9.59 Å². The molecule has 1 aromatic heterocycles. The molecule has 1 amide bonds. The van der Waals surface area contributed by atoms with Crippen LogP contribution in [-0.2, 0) is 0 Å². The third kappa shape index (κ3) is 3.51. The van der Waals surface area contributed by atoms with E-state index in [1.54, 1.807) is 36.4 Å². The first-order valence-electron chi connectivity index (χ1n) is 9.00. The molecule has 0 aliphatic carbocycles. The average molecular weight is 354 g/mol. The summed E-state index contributed by atoms with van der Waals surface area (Å²) in [6.07, 6.45) is 2.34. The molecule has 3 aliphatic heterocycles. The number of carbonyl (C=O) groups excluding carboxylic acids is 2. The minimum Gasteiger partial charge on any atom is -0.426 e. The van der Waals surface area contributed by atoms with E-state index in [2.05, 4.69) is 10.2 Å². The first-order chi connectivity index (χ1) is 12.6. The standard InChI is InChI=1S/C20H22N2O4/c1-13(23)18-6-7-19(26-18)25-16-4-2-15(3-5-16)20(24)21-17-12-22-10-8-14(17)9-11-22/h2-7,14,17H,8-12H2,1H3,(H,21,24)/t17-/m0/s1. The Balaban J connectivity index is 1.37. The maximum Gasteiger partial charge on any atom is 0.290 e. The van der Waals surface area contributed by atoms with Crippen molar-refractivity contribution in [1.29, 1.82) is 0 Å². The number of hydrogen-bond donors (Lipinski definition) is 1. The van der Waals surface area contributed by atoms with Gasteiger partial charge in [-0.1, -0.05) is 0 Å². The molecule has 4 heterocycles. The molecule has 3 aliphatic rings. The van der Waals surface area contributed by atoms with E-state index in [-0.39, 0.29) is 29.4 Å². The molecule has 3 fully saturated rings. The number of amides is 1. The first-order valence-corrected chi connectivity index (χ1v) is 9.00. The highest BCUT2D eigenvalue weighted by Gasteiger charge is 2.34. The summed E-state index contributed by atoms with van der Waals surface area (Å²) in [6.45, 7) is 4.70. The lowest BCUT2D eigenvalue weighted by Crippen LogP contribution is -2.57. The molecule has 136 valence electrons. The Morgan fingerprint density at radius 3 is 2.42 bits per heavy atom. The van der Waals surface area contributed by atoms with Crippen molar-refractivity contribution in [1.82, 2.24) is 10.2 Å². The highest BCUT2D eigenvalue weighted by Crippen LogP contribution is 2.28. The summed E-state index contributed by atoms with van der Waals surface area (Å²) in [5.74, 6) is 1.45. The van der Waals surface area contributed by atoms with Crippen molar-refractivity contribution in [3.8, 4) is 11.7 Å². The Morgan fingerprint density at radius 2 is 1.85 bits per heavy atom. The maximum atomic E-state index is 12.5. The van der Waals surface area contributed by atoms with E-state index in [1.807, 2.05) is 0 Å². The van der Waals surface area contributed by atoms with E-state index in [0.717, 1.165) is 19.6 Å². The number of nitrogens with zero attached hydrogens (tertiary/aromatic N) is 1. The van der Waals surface area contributed by atoms with Gasteiger partial charge in [-0.25, -0.2) is 0 Å². The van der Waals surface area contributed by atoms with Gasteiger partial charge in [0.05, 0.1) is 0 Å². The number of piperidine rings is 3. The fourth-order valence-corrected chi connectivity index (χ4v) is 3.74. The molecule has 3 saturated heterocycles. The molecular weight excluding hydrogens is 332 g/mol. The number of Topliss-reactive ketones (excluding diaryl/α,β-unsaturated/α-hetero) is 1. The van der Waals surface area contributed by atoms with Gasteiger partial charge in [0.15, 0.2) is 11.5 Å². The van der Waals surface area contributed by atoms with E-state index < -0.39 is 0 Å². The normalized spacial score (nSPS) is 24.3. The van der Waals surface area contributed by atoms with Crippen LogP contribution < -0.4 is 10.1 Å². The van der Waals surface area contributed by atoms with Gasteiger partial charge in [-0.2, -0.15) is 0 Å². The first kappa shape index (κ1) is 16.8. The predicted molar refractivity (Wildman–Crippen MR) is 95.6 cm³/mol. The van der Waals surface area contributed by atoms with Crippen molar-refractivity contribution in [3.05, 3.63) is 47.7 Å². The average Bonchev–Trinajstić information content (AvgIpc) is 3.12. The molecule has 0 radical (unpaired) electrons. The SMILES string of the molecule is CC(=O)c1ccc(Oc2ccc(C(=O)N[C@H]3CN4CCC3CC4)cc2)o1. The van der Waals surface area contributed by atoms with Crippen LogP contribution in [0.4, 0.5) is 0 Å². The number of rotatable bonds is 5. The lowest BCUT2D eigenvalue weighted by molar-refractivity contribution is 0.0620. The fraction of sp³-hybridized carbons (Fsp3) is 0.400. The number of hydrogen-bond acceptors (Lipinski definition) is 5. The van der Waals surface area contributed by atoms with E-state index in [9.17, 15) is 9.59 Å². The lowest BCUT2D eigenvalue weighted by atomic mass is 9.84. The van der Waals surface area contributed by atoms with Crippen LogP contribution in [0.25, 0.3) is 0 Å².